The van der Waals surface area contributed by atoms with Crippen LogP contribution in [0.1, 0.15) is 29.2 Å². The first-order valence-corrected chi connectivity index (χ1v) is 7.66. The average Bonchev–Trinajstić information content (AvgIpc) is 2.48. The van der Waals surface area contributed by atoms with Gasteiger partial charge in [-0.2, -0.15) is 0 Å². The lowest BCUT2D eigenvalue weighted by Crippen LogP contribution is -2.18. The zero-order valence-electron chi connectivity index (χ0n) is 11.7. The molecule has 0 bridgehead atoms. The minimum Gasteiger partial charge on any atom is -0.497 e. The molecule has 0 amide bonds. The molecule has 0 saturated heterocycles. The summed E-state index contributed by atoms with van der Waals surface area (Å²) in [6.45, 7) is 2.14. The summed E-state index contributed by atoms with van der Waals surface area (Å²) in [5.74, 6) is 0.906. The number of benzene rings is 2. The van der Waals surface area contributed by atoms with Gasteiger partial charge in [-0.15, -0.1) is 0 Å². The van der Waals surface area contributed by atoms with E-state index in [4.69, 9.17) is 4.74 Å². The number of halogens is 1. The van der Waals surface area contributed by atoms with Crippen LogP contribution in [0.2, 0.25) is 0 Å². The quantitative estimate of drug-likeness (QED) is 0.847. The van der Waals surface area contributed by atoms with Crippen molar-refractivity contribution in [2.24, 2.45) is 0 Å². The van der Waals surface area contributed by atoms with Crippen LogP contribution in [0.3, 0.4) is 0 Å². The van der Waals surface area contributed by atoms with Crippen LogP contribution in [0.5, 0.6) is 5.75 Å². The third-order valence-electron chi connectivity index (χ3n) is 3.93. The second-order valence-electron chi connectivity index (χ2n) is 5.27. The maximum Gasteiger partial charge on any atom is 0.118 e. The third kappa shape index (κ3) is 2.55. The molecular weight excluding hydrogens is 314 g/mol. The first-order valence-electron chi connectivity index (χ1n) is 6.87. The predicted molar refractivity (Wildman–Crippen MR) is 86.6 cm³/mol. The van der Waals surface area contributed by atoms with E-state index in [2.05, 4.69) is 52.4 Å². The number of ether oxygens (including phenoxy) is 1. The average molecular weight is 332 g/mol. The lowest BCUT2D eigenvalue weighted by Gasteiger charge is -2.28. The van der Waals surface area contributed by atoms with E-state index >= 15 is 0 Å². The van der Waals surface area contributed by atoms with Crippen molar-refractivity contribution in [2.75, 3.05) is 12.4 Å². The molecular formula is C17H18BrNO. The van der Waals surface area contributed by atoms with Gasteiger partial charge in [0.05, 0.1) is 13.2 Å². The molecule has 0 fully saturated rings. The van der Waals surface area contributed by atoms with Crippen LogP contribution in [-0.2, 0) is 6.42 Å². The summed E-state index contributed by atoms with van der Waals surface area (Å²) >= 11 is 3.61. The molecule has 0 spiro atoms. The number of rotatable bonds is 2. The van der Waals surface area contributed by atoms with E-state index in [9.17, 15) is 0 Å². The van der Waals surface area contributed by atoms with Crippen LogP contribution >= 0.6 is 15.9 Å². The Hall–Kier alpha value is -1.48. The minimum absolute atomic E-state index is 0.378. The molecule has 1 atom stereocenters. The molecule has 1 aliphatic heterocycles. The molecule has 2 aromatic rings. The first-order chi connectivity index (χ1) is 9.67. The van der Waals surface area contributed by atoms with Crippen molar-refractivity contribution in [3.63, 3.8) is 0 Å². The van der Waals surface area contributed by atoms with E-state index < -0.39 is 0 Å². The van der Waals surface area contributed by atoms with Gasteiger partial charge in [-0.05, 0) is 54.7 Å². The lowest BCUT2D eigenvalue weighted by atomic mass is 9.92. The second-order valence-corrected chi connectivity index (χ2v) is 6.12. The van der Waals surface area contributed by atoms with Crippen LogP contribution in [-0.4, -0.2) is 7.11 Å². The highest BCUT2D eigenvalue weighted by atomic mass is 79.9. The molecule has 0 aliphatic carbocycles. The zero-order chi connectivity index (χ0) is 14.1. The Balaban J connectivity index is 1.85. The van der Waals surface area contributed by atoms with Crippen molar-refractivity contribution >= 4 is 21.6 Å². The van der Waals surface area contributed by atoms with Gasteiger partial charge in [-0.1, -0.05) is 34.1 Å². The Kier molecular flexibility index (Phi) is 3.70. The summed E-state index contributed by atoms with van der Waals surface area (Å²) < 4.78 is 6.38. The molecule has 3 rings (SSSR count). The highest BCUT2D eigenvalue weighted by molar-refractivity contribution is 9.10. The summed E-state index contributed by atoms with van der Waals surface area (Å²) in [6, 6.07) is 13.2. The number of fused-ring (bicyclic) bond motifs is 1. The van der Waals surface area contributed by atoms with Crippen molar-refractivity contribution in [1.82, 2.24) is 0 Å². The first kappa shape index (κ1) is 13.5. The Morgan fingerprint density at radius 2 is 1.95 bits per heavy atom. The molecule has 1 heterocycles. The van der Waals surface area contributed by atoms with Gasteiger partial charge in [-0.3, -0.25) is 0 Å². The SMILES string of the molecule is COc1ccc(C2CCc3cc(C)c(Br)cc3N2)cc1. The lowest BCUT2D eigenvalue weighted by molar-refractivity contribution is 0.414. The van der Waals surface area contributed by atoms with E-state index in [-0.39, 0.29) is 0 Å². The van der Waals surface area contributed by atoms with E-state index in [1.807, 2.05) is 12.1 Å². The van der Waals surface area contributed by atoms with Gasteiger partial charge >= 0.3 is 0 Å². The molecule has 1 aliphatic rings. The molecule has 2 nitrogen and oxygen atoms in total. The highest BCUT2D eigenvalue weighted by Gasteiger charge is 2.20. The van der Waals surface area contributed by atoms with Crippen LogP contribution < -0.4 is 10.1 Å². The highest BCUT2D eigenvalue weighted by Crippen LogP contribution is 2.35. The molecule has 3 heteroatoms. The van der Waals surface area contributed by atoms with Gasteiger partial charge in [0.2, 0.25) is 0 Å². The van der Waals surface area contributed by atoms with Gasteiger partial charge in [0.15, 0.2) is 0 Å². The maximum absolute atomic E-state index is 5.22. The van der Waals surface area contributed by atoms with E-state index in [0.29, 0.717) is 6.04 Å². The van der Waals surface area contributed by atoms with Crippen LogP contribution in [0.4, 0.5) is 5.69 Å². The maximum atomic E-state index is 5.22. The topological polar surface area (TPSA) is 21.3 Å². The van der Waals surface area contributed by atoms with Crippen molar-refractivity contribution in [3.05, 3.63) is 57.6 Å². The molecule has 1 N–H and O–H groups in total. The fourth-order valence-electron chi connectivity index (χ4n) is 2.73. The van der Waals surface area contributed by atoms with Gasteiger partial charge in [0.1, 0.15) is 5.75 Å². The Morgan fingerprint density at radius 1 is 1.20 bits per heavy atom. The number of nitrogens with one attached hydrogen (secondary N) is 1. The summed E-state index contributed by atoms with van der Waals surface area (Å²) in [7, 11) is 1.70. The van der Waals surface area contributed by atoms with Gasteiger partial charge < -0.3 is 10.1 Å². The molecule has 2 aromatic carbocycles. The largest absolute Gasteiger partial charge is 0.497 e. The van der Waals surface area contributed by atoms with Crippen molar-refractivity contribution in [1.29, 1.82) is 0 Å². The van der Waals surface area contributed by atoms with E-state index in [1.165, 1.54) is 26.9 Å². The number of hydrogen-bond acceptors (Lipinski definition) is 2. The minimum atomic E-state index is 0.378. The summed E-state index contributed by atoms with van der Waals surface area (Å²) in [6.07, 6.45) is 2.24. The zero-order valence-corrected chi connectivity index (χ0v) is 13.3. The van der Waals surface area contributed by atoms with E-state index in [1.54, 1.807) is 7.11 Å². The Morgan fingerprint density at radius 3 is 2.65 bits per heavy atom. The fraction of sp³-hybridized carbons (Fsp3) is 0.294. The standard InChI is InChI=1S/C17H18BrNO/c1-11-9-13-5-8-16(19-17(13)10-15(11)18)12-3-6-14(20-2)7-4-12/h3-4,6-7,9-10,16,19H,5,8H2,1-2H3. The summed E-state index contributed by atoms with van der Waals surface area (Å²) in [5.41, 5.74) is 5.27. The van der Waals surface area contributed by atoms with Gasteiger partial charge in [-0.25, -0.2) is 0 Å². The molecule has 0 saturated carbocycles. The van der Waals surface area contributed by atoms with Gasteiger partial charge in [0, 0.05) is 10.2 Å². The van der Waals surface area contributed by atoms with Crippen molar-refractivity contribution in [3.8, 4) is 5.75 Å². The van der Waals surface area contributed by atoms with Crippen LogP contribution in [0, 0.1) is 6.92 Å². The number of hydrogen-bond donors (Lipinski definition) is 1. The van der Waals surface area contributed by atoms with E-state index in [0.717, 1.165) is 18.6 Å². The van der Waals surface area contributed by atoms with Crippen molar-refractivity contribution < 1.29 is 4.74 Å². The molecule has 1 unspecified atom stereocenters. The fourth-order valence-corrected chi connectivity index (χ4v) is 3.07. The normalized spacial score (nSPS) is 17.2. The summed E-state index contributed by atoms with van der Waals surface area (Å²) in [5, 5.41) is 3.65. The Bertz CT molecular complexity index is 622. The number of anilines is 1. The molecule has 0 aromatic heterocycles. The molecule has 0 radical (unpaired) electrons. The third-order valence-corrected chi connectivity index (χ3v) is 4.79. The van der Waals surface area contributed by atoms with Crippen LogP contribution in [0.25, 0.3) is 0 Å². The molecule has 104 valence electrons. The second kappa shape index (κ2) is 5.49. The Labute approximate surface area is 128 Å². The van der Waals surface area contributed by atoms with Crippen molar-refractivity contribution in [2.45, 2.75) is 25.8 Å². The monoisotopic (exact) mass is 331 g/mol. The smallest absolute Gasteiger partial charge is 0.118 e. The number of aryl methyl sites for hydroxylation is 2. The summed E-state index contributed by atoms with van der Waals surface area (Å²) in [4.78, 5) is 0. The predicted octanol–water partition coefficient (Wildman–Crippen LogP) is 4.87. The van der Waals surface area contributed by atoms with Crippen LogP contribution in [0.15, 0.2) is 40.9 Å². The van der Waals surface area contributed by atoms with Gasteiger partial charge in [0.25, 0.3) is 0 Å². The molecule has 20 heavy (non-hydrogen) atoms. The number of methoxy groups -OCH3 is 1.